The van der Waals surface area contributed by atoms with Crippen LogP contribution in [0.25, 0.3) is 6.08 Å². The second-order valence-electron chi connectivity index (χ2n) is 6.98. The largest absolute Gasteiger partial charge is 0.0840 e. The number of thiocarbonyl (C=S) groups is 1. The quantitative estimate of drug-likeness (QED) is 0.499. The molecular formula is C18H22S. The zero-order valence-corrected chi connectivity index (χ0v) is 13.1. The third kappa shape index (κ3) is 1.67. The molecule has 1 heteroatoms. The fourth-order valence-corrected chi connectivity index (χ4v) is 4.50. The predicted molar refractivity (Wildman–Crippen MR) is 86.4 cm³/mol. The first-order valence-electron chi connectivity index (χ1n) is 7.19. The molecule has 2 aliphatic rings. The number of benzene rings is 1. The van der Waals surface area contributed by atoms with E-state index >= 15 is 0 Å². The molecule has 1 aromatic carbocycles. The van der Waals surface area contributed by atoms with Crippen molar-refractivity contribution in [2.24, 2.45) is 16.7 Å². The van der Waals surface area contributed by atoms with Crippen molar-refractivity contribution in [3.05, 3.63) is 41.0 Å². The minimum Gasteiger partial charge on any atom is -0.0840 e. The molecule has 0 spiro atoms. The van der Waals surface area contributed by atoms with Crippen molar-refractivity contribution in [3.8, 4) is 0 Å². The average molecular weight is 270 g/mol. The summed E-state index contributed by atoms with van der Waals surface area (Å²) in [4.78, 5) is 1.22. The monoisotopic (exact) mass is 270 g/mol. The highest BCUT2D eigenvalue weighted by molar-refractivity contribution is 7.81. The lowest BCUT2D eigenvalue weighted by atomic mass is 9.71. The van der Waals surface area contributed by atoms with E-state index in [1.54, 1.807) is 0 Å². The second-order valence-corrected chi connectivity index (χ2v) is 7.39. The van der Waals surface area contributed by atoms with Gasteiger partial charge in [0.15, 0.2) is 0 Å². The molecule has 2 bridgehead atoms. The number of allylic oxidation sites excluding steroid dienone is 1. The van der Waals surface area contributed by atoms with Crippen molar-refractivity contribution in [2.45, 2.75) is 40.5 Å². The van der Waals surface area contributed by atoms with Crippen LogP contribution in [0.3, 0.4) is 0 Å². The minimum atomic E-state index is 0.226. The lowest BCUT2D eigenvalue weighted by molar-refractivity contribution is 0.204. The van der Waals surface area contributed by atoms with Gasteiger partial charge in [0.05, 0.1) is 0 Å². The predicted octanol–water partition coefficient (Wildman–Crippen LogP) is 5.20. The van der Waals surface area contributed by atoms with Gasteiger partial charge in [-0.3, -0.25) is 0 Å². The van der Waals surface area contributed by atoms with Gasteiger partial charge in [-0.2, -0.15) is 0 Å². The molecule has 2 saturated carbocycles. The Balaban J connectivity index is 2.04. The smallest absolute Gasteiger partial charge is 0.0252 e. The van der Waals surface area contributed by atoms with Crippen LogP contribution in [0.5, 0.6) is 0 Å². The van der Waals surface area contributed by atoms with Crippen molar-refractivity contribution in [1.29, 1.82) is 0 Å². The maximum atomic E-state index is 5.81. The molecule has 0 N–H and O–H groups in total. The normalized spacial score (nSPS) is 34.2. The maximum Gasteiger partial charge on any atom is 0.0252 e. The molecule has 19 heavy (non-hydrogen) atoms. The van der Waals surface area contributed by atoms with E-state index in [1.165, 1.54) is 34.4 Å². The van der Waals surface area contributed by atoms with Crippen molar-refractivity contribution in [3.63, 3.8) is 0 Å². The third-order valence-corrected chi connectivity index (χ3v) is 6.45. The Morgan fingerprint density at radius 1 is 1.16 bits per heavy atom. The molecule has 3 rings (SSSR count). The summed E-state index contributed by atoms with van der Waals surface area (Å²) >= 11 is 5.81. The summed E-state index contributed by atoms with van der Waals surface area (Å²) in [6, 6.07) is 8.75. The maximum absolute atomic E-state index is 5.81. The zero-order valence-electron chi connectivity index (χ0n) is 12.3. The molecule has 0 radical (unpaired) electrons. The molecule has 2 aliphatic carbocycles. The van der Waals surface area contributed by atoms with E-state index < -0.39 is 0 Å². The van der Waals surface area contributed by atoms with E-state index in [-0.39, 0.29) is 5.41 Å². The minimum absolute atomic E-state index is 0.226. The van der Waals surface area contributed by atoms with Crippen molar-refractivity contribution < 1.29 is 0 Å². The molecule has 0 amide bonds. The Labute approximate surface area is 121 Å². The highest BCUT2D eigenvalue weighted by atomic mass is 32.1. The molecule has 0 aliphatic heterocycles. The third-order valence-electron chi connectivity index (χ3n) is 5.76. The van der Waals surface area contributed by atoms with Gasteiger partial charge >= 0.3 is 0 Å². The lowest BCUT2D eigenvalue weighted by Crippen LogP contribution is -2.31. The van der Waals surface area contributed by atoms with Crippen LogP contribution in [0.4, 0.5) is 0 Å². The molecular weight excluding hydrogens is 248 g/mol. The van der Waals surface area contributed by atoms with E-state index in [0.29, 0.717) is 11.3 Å². The van der Waals surface area contributed by atoms with E-state index in [0.717, 1.165) is 0 Å². The van der Waals surface area contributed by atoms with Crippen LogP contribution in [0.1, 0.15) is 44.7 Å². The van der Waals surface area contributed by atoms with Gasteiger partial charge in [-0.25, -0.2) is 0 Å². The molecule has 0 heterocycles. The van der Waals surface area contributed by atoms with Gasteiger partial charge in [0.1, 0.15) is 0 Å². The van der Waals surface area contributed by atoms with E-state index in [1.807, 2.05) is 0 Å². The first-order valence-corrected chi connectivity index (χ1v) is 7.60. The summed E-state index contributed by atoms with van der Waals surface area (Å²) in [6.45, 7) is 9.29. The average Bonchev–Trinajstić information content (AvgIpc) is 2.66. The van der Waals surface area contributed by atoms with E-state index in [2.05, 4.69) is 58.0 Å². The standard InChI is InChI=1S/C18H22S/c1-12-5-7-13(8-6-12)11-14-15-9-10-18(4,16(14)19)17(15,2)3/h5-8,11,15H,9-10H2,1-4H3/b14-11+/t15-,18+/m1/s1. The van der Waals surface area contributed by atoms with E-state index in [4.69, 9.17) is 12.2 Å². The molecule has 1 aromatic rings. The van der Waals surface area contributed by atoms with Gasteiger partial charge in [0, 0.05) is 10.3 Å². The highest BCUT2D eigenvalue weighted by Gasteiger charge is 2.61. The fraction of sp³-hybridized carbons (Fsp3) is 0.500. The molecule has 2 fully saturated rings. The van der Waals surface area contributed by atoms with Gasteiger partial charge in [-0.05, 0) is 42.2 Å². The number of fused-ring (bicyclic) bond motifs is 2. The molecule has 0 aromatic heterocycles. The number of rotatable bonds is 1. The van der Waals surface area contributed by atoms with Crippen molar-refractivity contribution in [1.82, 2.24) is 0 Å². The molecule has 100 valence electrons. The van der Waals surface area contributed by atoms with Gasteiger partial charge in [0.25, 0.3) is 0 Å². The summed E-state index contributed by atoms with van der Waals surface area (Å²) in [5, 5.41) is 0. The topological polar surface area (TPSA) is 0 Å². The Kier molecular flexibility index (Phi) is 2.76. The van der Waals surface area contributed by atoms with Crippen molar-refractivity contribution >= 4 is 23.2 Å². The number of hydrogen-bond donors (Lipinski definition) is 0. The van der Waals surface area contributed by atoms with Crippen LogP contribution in [0.15, 0.2) is 29.8 Å². The fourth-order valence-electron chi connectivity index (χ4n) is 3.94. The van der Waals surface area contributed by atoms with Crippen LogP contribution >= 0.6 is 12.2 Å². The summed E-state index contributed by atoms with van der Waals surface area (Å²) in [7, 11) is 0. The number of aryl methyl sites for hydroxylation is 1. The molecule has 0 nitrogen and oxygen atoms in total. The first-order chi connectivity index (χ1) is 8.86. The second kappa shape index (κ2) is 4.02. The van der Waals surface area contributed by atoms with Crippen LogP contribution in [-0.4, -0.2) is 4.86 Å². The molecule has 0 saturated heterocycles. The summed E-state index contributed by atoms with van der Waals surface area (Å²) in [5.74, 6) is 0.645. The number of hydrogen-bond acceptors (Lipinski definition) is 1. The first kappa shape index (κ1) is 13.1. The highest BCUT2D eigenvalue weighted by Crippen LogP contribution is 2.66. The Morgan fingerprint density at radius 2 is 1.79 bits per heavy atom. The van der Waals surface area contributed by atoms with Crippen LogP contribution in [0, 0.1) is 23.7 Å². The Hall–Kier alpha value is -0.950. The van der Waals surface area contributed by atoms with Gasteiger partial charge < -0.3 is 0 Å². The van der Waals surface area contributed by atoms with Crippen LogP contribution < -0.4 is 0 Å². The van der Waals surface area contributed by atoms with Gasteiger partial charge in [-0.1, -0.05) is 68.9 Å². The SMILES string of the molecule is Cc1ccc(/C=C2/C(=S)[C@]3(C)CC[C@H]2C3(C)C)cc1. The van der Waals surface area contributed by atoms with E-state index in [9.17, 15) is 0 Å². The Morgan fingerprint density at radius 3 is 2.32 bits per heavy atom. The van der Waals surface area contributed by atoms with Gasteiger partial charge in [0.2, 0.25) is 0 Å². The summed E-state index contributed by atoms with van der Waals surface area (Å²) < 4.78 is 0. The molecule has 0 unspecified atom stereocenters. The van der Waals surface area contributed by atoms with Crippen LogP contribution in [-0.2, 0) is 0 Å². The molecule has 2 atom stereocenters. The van der Waals surface area contributed by atoms with Crippen LogP contribution in [0.2, 0.25) is 0 Å². The Bertz CT molecular complexity index is 562. The zero-order chi connectivity index (χ0) is 13.8. The van der Waals surface area contributed by atoms with Gasteiger partial charge in [-0.15, -0.1) is 0 Å². The summed E-state index contributed by atoms with van der Waals surface area (Å²) in [6.07, 6.45) is 4.88. The lowest BCUT2D eigenvalue weighted by Gasteiger charge is -2.33. The summed E-state index contributed by atoms with van der Waals surface area (Å²) in [5.41, 5.74) is 4.57. The van der Waals surface area contributed by atoms with Crippen molar-refractivity contribution in [2.75, 3.05) is 0 Å².